The molecule has 1 amide bonds. The fraction of sp³-hybridized carbons (Fsp3) is 0.364. The molecular formula is C22H21NO5. The van der Waals surface area contributed by atoms with Crippen LogP contribution in [0.3, 0.4) is 0 Å². The van der Waals surface area contributed by atoms with Crippen LogP contribution in [0.25, 0.3) is 0 Å². The van der Waals surface area contributed by atoms with E-state index in [0.29, 0.717) is 22.9 Å². The van der Waals surface area contributed by atoms with E-state index in [9.17, 15) is 9.59 Å². The average Bonchev–Trinajstić information content (AvgIpc) is 3.32. The first-order valence-corrected chi connectivity index (χ1v) is 9.56. The minimum atomic E-state index is -0.277. The zero-order valence-corrected chi connectivity index (χ0v) is 15.5. The molecule has 6 heteroatoms. The third-order valence-electron chi connectivity index (χ3n) is 6.20. The molecule has 2 aromatic rings. The molecular weight excluding hydrogens is 358 g/mol. The van der Waals surface area contributed by atoms with Gasteiger partial charge in [-0.3, -0.25) is 9.59 Å². The van der Waals surface area contributed by atoms with Crippen molar-refractivity contribution in [1.29, 1.82) is 0 Å². The van der Waals surface area contributed by atoms with Gasteiger partial charge in [-0.05, 0) is 55.2 Å². The normalized spacial score (nSPS) is 29.5. The van der Waals surface area contributed by atoms with Crippen molar-refractivity contribution in [3.63, 3.8) is 0 Å². The van der Waals surface area contributed by atoms with Crippen molar-refractivity contribution in [2.45, 2.75) is 18.9 Å². The average molecular weight is 379 g/mol. The van der Waals surface area contributed by atoms with Gasteiger partial charge < -0.3 is 19.5 Å². The van der Waals surface area contributed by atoms with Crippen molar-refractivity contribution in [2.24, 2.45) is 23.7 Å². The Bertz CT molecular complexity index is 923. The summed E-state index contributed by atoms with van der Waals surface area (Å²) in [7, 11) is 1.60. The Morgan fingerprint density at radius 1 is 1.07 bits per heavy atom. The van der Waals surface area contributed by atoms with Gasteiger partial charge in [0, 0.05) is 11.6 Å². The van der Waals surface area contributed by atoms with Crippen LogP contribution < -0.4 is 14.8 Å². The van der Waals surface area contributed by atoms with Crippen molar-refractivity contribution >= 4 is 17.6 Å². The number of esters is 1. The predicted molar refractivity (Wildman–Crippen MR) is 101 cm³/mol. The largest absolute Gasteiger partial charge is 0.493 e. The van der Waals surface area contributed by atoms with Gasteiger partial charge in [0.25, 0.3) is 0 Å². The zero-order valence-electron chi connectivity index (χ0n) is 15.5. The number of para-hydroxylation sites is 2. The summed E-state index contributed by atoms with van der Waals surface area (Å²) in [6, 6.07) is 14.6. The van der Waals surface area contributed by atoms with E-state index in [-0.39, 0.29) is 41.7 Å². The lowest BCUT2D eigenvalue weighted by Crippen LogP contribution is -2.35. The predicted octanol–water partition coefficient (Wildman–Crippen LogP) is 3.62. The molecule has 0 unspecified atom stereocenters. The van der Waals surface area contributed by atoms with E-state index >= 15 is 0 Å². The highest BCUT2D eigenvalue weighted by molar-refractivity contribution is 5.97. The quantitative estimate of drug-likeness (QED) is 0.803. The number of anilines is 1. The van der Waals surface area contributed by atoms with Gasteiger partial charge in [-0.15, -0.1) is 0 Å². The number of fused-ring (bicyclic) bond motifs is 1. The monoisotopic (exact) mass is 379 g/mol. The van der Waals surface area contributed by atoms with Gasteiger partial charge >= 0.3 is 5.97 Å². The topological polar surface area (TPSA) is 73.9 Å². The number of hydrogen-bond donors (Lipinski definition) is 1. The molecule has 28 heavy (non-hydrogen) atoms. The van der Waals surface area contributed by atoms with Gasteiger partial charge in [-0.2, -0.15) is 0 Å². The maximum absolute atomic E-state index is 12.8. The molecule has 1 saturated heterocycles. The van der Waals surface area contributed by atoms with Crippen molar-refractivity contribution in [1.82, 2.24) is 0 Å². The van der Waals surface area contributed by atoms with Crippen molar-refractivity contribution in [3.05, 3.63) is 48.5 Å². The number of carbonyl (C=O) groups excluding carboxylic acids is 2. The van der Waals surface area contributed by atoms with Gasteiger partial charge in [0.15, 0.2) is 11.5 Å². The van der Waals surface area contributed by atoms with E-state index in [1.54, 1.807) is 31.4 Å². The maximum Gasteiger partial charge on any atom is 0.310 e. The first-order valence-electron chi connectivity index (χ1n) is 9.56. The van der Waals surface area contributed by atoms with Crippen molar-refractivity contribution < 1.29 is 23.8 Å². The van der Waals surface area contributed by atoms with Crippen LogP contribution in [0.15, 0.2) is 48.5 Å². The summed E-state index contributed by atoms with van der Waals surface area (Å²) >= 11 is 0. The molecule has 6 nitrogen and oxygen atoms in total. The lowest BCUT2D eigenvalue weighted by molar-refractivity contribution is -0.145. The molecule has 144 valence electrons. The van der Waals surface area contributed by atoms with Crippen molar-refractivity contribution in [2.75, 3.05) is 12.4 Å². The Balaban J connectivity index is 1.27. The fourth-order valence-corrected chi connectivity index (χ4v) is 5.03. The molecule has 0 radical (unpaired) electrons. The van der Waals surface area contributed by atoms with E-state index < -0.39 is 0 Å². The first-order chi connectivity index (χ1) is 13.6. The third-order valence-corrected chi connectivity index (χ3v) is 6.20. The van der Waals surface area contributed by atoms with Crippen LogP contribution >= 0.6 is 0 Å². The number of methoxy groups -OCH3 is 1. The Labute approximate surface area is 162 Å². The van der Waals surface area contributed by atoms with E-state index in [2.05, 4.69) is 5.32 Å². The second-order valence-corrected chi connectivity index (χ2v) is 7.69. The van der Waals surface area contributed by atoms with Crippen LogP contribution in [-0.2, 0) is 14.3 Å². The van der Waals surface area contributed by atoms with Crippen LogP contribution in [0.2, 0.25) is 0 Å². The Hall–Kier alpha value is -3.02. The van der Waals surface area contributed by atoms with E-state index in [4.69, 9.17) is 14.2 Å². The van der Waals surface area contributed by atoms with Crippen LogP contribution in [0.4, 0.5) is 5.69 Å². The molecule has 0 aromatic heterocycles. The summed E-state index contributed by atoms with van der Waals surface area (Å²) < 4.78 is 16.6. The minimum Gasteiger partial charge on any atom is -0.493 e. The lowest BCUT2D eigenvalue weighted by Gasteiger charge is -2.23. The molecule has 2 saturated carbocycles. The summed E-state index contributed by atoms with van der Waals surface area (Å²) in [4.78, 5) is 24.9. The highest BCUT2D eigenvalue weighted by atomic mass is 16.6. The SMILES string of the molecule is COc1ccccc1Oc1ccc(NC(=O)[C@H]2[C@@H]3C[C@H]4[C@@H]2C(=O)O[C@@H]4C3)cc1. The summed E-state index contributed by atoms with van der Waals surface area (Å²) in [5, 5.41) is 2.96. The van der Waals surface area contributed by atoms with Crippen LogP contribution in [0.5, 0.6) is 17.2 Å². The number of benzene rings is 2. The van der Waals surface area contributed by atoms with Crippen molar-refractivity contribution in [3.8, 4) is 17.2 Å². The number of rotatable bonds is 5. The molecule has 1 heterocycles. The second-order valence-electron chi connectivity index (χ2n) is 7.69. The van der Waals surface area contributed by atoms with Crippen LogP contribution in [0, 0.1) is 23.7 Å². The number of ether oxygens (including phenoxy) is 3. The number of carbonyl (C=O) groups is 2. The number of nitrogens with one attached hydrogen (secondary N) is 1. The molecule has 1 aliphatic heterocycles. The maximum atomic E-state index is 12.8. The standard InChI is InChI=1S/C22H21NO5/c1-26-16-4-2-3-5-17(16)27-14-8-6-13(7-9-14)23-21(24)19-12-10-15-18(11-12)28-22(25)20(15)19/h2-9,12,15,18-20H,10-11H2,1H3,(H,23,24)/t12-,15-,18-,19+,20+/m1/s1. The molecule has 5 atom stereocenters. The van der Waals surface area contributed by atoms with E-state index in [1.165, 1.54) is 0 Å². The summed E-state index contributed by atoms with van der Waals surface area (Å²) in [5.74, 6) is 1.56. The summed E-state index contributed by atoms with van der Waals surface area (Å²) in [6.07, 6.45) is 1.78. The Kier molecular flexibility index (Phi) is 4.00. The highest BCUT2D eigenvalue weighted by Crippen LogP contribution is 2.57. The summed E-state index contributed by atoms with van der Waals surface area (Å²) in [6.45, 7) is 0. The van der Waals surface area contributed by atoms with Gasteiger partial charge in [-0.1, -0.05) is 12.1 Å². The van der Waals surface area contributed by atoms with Crippen LogP contribution in [-0.4, -0.2) is 25.1 Å². The van der Waals surface area contributed by atoms with E-state index in [0.717, 1.165) is 12.8 Å². The molecule has 2 aliphatic carbocycles. The molecule has 0 spiro atoms. The zero-order chi connectivity index (χ0) is 19.3. The van der Waals surface area contributed by atoms with E-state index in [1.807, 2.05) is 24.3 Å². The first kappa shape index (κ1) is 17.1. The molecule has 1 N–H and O–H groups in total. The molecule has 3 aliphatic rings. The second kappa shape index (κ2) is 6.55. The van der Waals surface area contributed by atoms with Gasteiger partial charge in [0.05, 0.1) is 18.9 Å². The molecule has 3 fully saturated rings. The van der Waals surface area contributed by atoms with Gasteiger partial charge in [-0.25, -0.2) is 0 Å². The van der Waals surface area contributed by atoms with Crippen LogP contribution in [0.1, 0.15) is 12.8 Å². The minimum absolute atomic E-state index is 0.0398. The molecule has 2 bridgehead atoms. The van der Waals surface area contributed by atoms with Gasteiger partial charge in [0.1, 0.15) is 11.9 Å². The fourth-order valence-electron chi connectivity index (χ4n) is 5.03. The molecule has 5 rings (SSSR count). The Morgan fingerprint density at radius 3 is 2.57 bits per heavy atom. The highest BCUT2D eigenvalue weighted by Gasteiger charge is 2.63. The Morgan fingerprint density at radius 2 is 1.82 bits per heavy atom. The van der Waals surface area contributed by atoms with Gasteiger partial charge in [0.2, 0.25) is 5.91 Å². The lowest BCUT2D eigenvalue weighted by atomic mass is 9.79. The number of hydrogen-bond acceptors (Lipinski definition) is 5. The smallest absolute Gasteiger partial charge is 0.310 e. The number of amides is 1. The molecule has 2 aromatic carbocycles. The third kappa shape index (κ3) is 2.71. The summed E-state index contributed by atoms with van der Waals surface area (Å²) in [5.41, 5.74) is 0.683.